The van der Waals surface area contributed by atoms with Crippen LogP contribution in [-0.2, 0) is 9.53 Å². The lowest BCUT2D eigenvalue weighted by atomic mass is 10.1. The molecule has 0 heterocycles. The number of nitrogens with one attached hydrogen (secondary N) is 2. The Bertz CT molecular complexity index is 287. The molecule has 0 aromatic rings. The second-order valence-corrected chi connectivity index (χ2v) is 5.42. The number of carbonyl (C=O) groups excluding carboxylic acids is 1. The fourth-order valence-electron chi connectivity index (χ4n) is 1.45. The van der Waals surface area contributed by atoms with Gasteiger partial charge in [-0.25, -0.2) is 4.79 Å². The predicted molar refractivity (Wildman–Crippen MR) is 73.2 cm³/mol. The van der Waals surface area contributed by atoms with E-state index in [0.29, 0.717) is 19.5 Å². The molecule has 0 fully saturated rings. The fourth-order valence-corrected chi connectivity index (χ4v) is 1.45. The Morgan fingerprint density at radius 2 is 1.89 bits per heavy atom. The molecule has 0 aliphatic heterocycles. The fraction of sp³-hybridized carbons (Fsp3) is 0.846. The van der Waals surface area contributed by atoms with Crippen LogP contribution in [0.5, 0.6) is 0 Å². The largest absolute Gasteiger partial charge is 0.480 e. The molecule has 1 unspecified atom stereocenters. The first kappa shape index (κ1) is 17.7. The molecule has 6 nitrogen and oxygen atoms in total. The van der Waals surface area contributed by atoms with Crippen LogP contribution in [0.4, 0.5) is 4.79 Å². The summed E-state index contributed by atoms with van der Waals surface area (Å²) in [5, 5.41) is 14.5. The molecule has 1 amide bonds. The molecule has 0 aliphatic carbocycles. The number of aliphatic carboxylic acids is 1. The summed E-state index contributed by atoms with van der Waals surface area (Å²) in [5.41, 5.74) is -0.526. The number of hydrogen-bond acceptors (Lipinski definition) is 4. The molecule has 0 aliphatic rings. The number of carbonyl (C=O) groups is 2. The highest BCUT2D eigenvalue weighted by atomic mass is 16.6. The van der Waals surface area contributed by atoms with Gasteiger partial charge in [0.15, 0.2) is 0 Å². The average molecular weight is 274 g/mol. The van der Waals surface area contributed by atoms with Gasteiger partial charge in [-0.1, -0.05) is 19.8 Å². The minimum atomic E-state index is -0.856. The van der Waals surface area contributed by atoms with E-state index in [0.717, 1.165) is 12.8 Å². The van der Waals surface area contributed by atoms with Gasteiger partial charge in [-0.3, -0.25) is 4.79 Å². The second-order valence-electron chi connectivity index (χ2n) is 5.42. The minimum absolute atomic E-state index is 0.338. The van der Waals surface area contributed by atoms with Crippen molar-refractivity contribution in [2.45, 2.75) is 58.6 Å². The number of hydrogen-bond donors (Lipinski definition) is 3. The van der Waals surface area contributed by atoms with E-state index >= 15 is 0 Å². The highest BCUT2D eigenvalue weighted by Crippen LogP contribution is 2.06. The highest BCUT2D eigenvalue weighted by molar-refractivity contribution is 5.73. The number of carboxylic acids is 1. The van der Waals surface area contributed by atoms with Crippen LogP contribution in [0.3, 0.4) is 0 Å². The van der Waals surface area contributed by atoms with Crippen molar-refractivity contribution < 1.29 is 19.4 Å². The molecular weight excluding hydrogens is 248 g/mol. The third-order valence-electron chi connectivity index (χ3n) is 2.33. The van der Waals surface area contributed by atoms with Crippen molar-refractivity contribution in [3.05, 3.63) is 0 Å². The Balaban J connectivity index is 3.82. The van der Waals surface area contributed by atoms with Crippen molar-refractivity contribution in [3.63, 3.8) is 0 Å². The molecule has 112 valence electrons. The van der Waals surface area contributed by atoms with Gasteiger partial charge in [0.25, 0.3) is 0 Å². The number of alkyl carbamates (subject to hydrolysis) is 1. The van der Waals surface area contributed by atoms with Gasteiger partial charge in [0.2, 0.25) is 0 Å². The Labute approximate surface area is 114 Å². The van der Waals surface area contributed by atoms with E-state index in [2.05, 4.69) is 10.6 Å². The van der Waals surface area contributed by atoms with E-state index in [-0.39, 0.29) is 0 Å². The first-order chi connectivity index (χ1) is 8.76. The highest BCUT2D eigenvalue weighted by Gasteiger charge is 2.17. The normalized spacial score (nSPS) is 12.8. The van der Waals surface area contributed by atoms with E-state index < -0.39 is 23.7 Å². The summed E-state index contributed by atoms with van der Waals surface area (Å²) in [4.78, 5) is 22.3. The number of amides is 1. The van der Waals surface area contributed by atoms with Crippen LogP contribution in [0.15, 0.2) is 0 Å². The molecule has 0 aromatic heterocycles. The third-order valence-corrected chi connectivity index (χ3v) is 2.33. The molecule has 0 rings (SSSR count). The van der Waals surface area contributed by atoms with Gasteiger partial charge in [0, 0.05) is 13.1 Å². The molecule has 0 radical (unpaired) electrons. The van der Waals surface area contributed by atoms with Gasteiger partial charge >= 0.3 is 12.1 Å². The van der Waals surface area contributed by atoms with E-state index in [9.17, 15) is 9.59 Å². The van der Waals surface area contributed by atoms with Crippen LogP contribution in [0.25, 0.3) is 0 Å². The lowest BCUT2D eigenvalue weighted by molar-refractivity contribution is -0.139. The molecular formula is C13H26N2O4. The quantitative estimate of drug-likeness (QED) is 0.587. The summed E-state index contributed by atoms with van der Waals surface area (Å²) >= 11 is 0. The number of unbranched alkanes of at least 4 members (excludes halogenated alkanes) is 1. The van der Waals surface area contributed by atoms with Crippen LogP contribution >= 0.6 is 0 Å². The minimum Gasteiger partial charge on any atom is -0.480 e. The van der Waals surface area contributed by atoms with Crippen molar-refractivity contribution in [1.29, 1.82) is 0 Å². The summed E-state index contributed by atoms with van der Waals surface area (Å²) in [5.74, 6) is -0.856. The van der Waals surface area contributed by atoms with Gasteiger partial charge in [-0.05, 0) is 27.2 Å². The summed E-state index contributed by atoms with van der Waals surface area (Å²) in [7, 11) is 0. The number of carboxylic acid groups (broad SMARTS) is 1. The van der Waals surface area contributed by atoms with E-state index in [1.807, 2.05) is 6.92 Å². The molecule has 0 bridgehead atoms. The molecule has 19 heavy (non-hydrogen) atoms. The van der Waals surface area contributed by atoms with E-state index in [1.54, 1.807) is 20.8 Å². The van der Waals surface area contributed by atoms with Crippen molar-refractivity contribution >= 4 is 12.1 Å². The zero-order chi connectivity index (χ0) is 14.9. The Kier molecular flexibility index (Phi) is 8.14. The lowest BCUT2D eigenvalue weighted by Gasteiger charge is -2.20. The van der Waals surface area contributed by atoms with Crippen molar-refractivity contribution in [2.75, 3.05) is 13.1 Å². The van der Waals surface area contributed by atoms with Crippen LogP contribution in [0.2, 0.25) is 0 Å². The van der Waals surface area contributed by atoms with Crippen LogP contribution in [0.1, 0.15) is 47.0 Å². The summed E-state index contributed by atoms with van der Waals surface area (Å²) in [6.45, 7) is 8.12. The van der Waals surface area contributed by atoms with Crippen molar-refractivity contribution in [3.8, 4) is 0 Å². The van der Waals surface area contributed by atoms with E-state index in [4.69, 9.17) is 9.84 Å². The standard InChI is InChI=1S/C13H26N2O4/c1-5-6-7-10(11(16)17)14-8-9-15-12(18)19-13(2,3)4/h10,14H,5-9H2,1-4H3,(H,15,18)(H,16,17). The van der Waals surface area contributed by atoms with Crippen LogP contribution in [0, 0.1) is 0 Å². The Hall–Kier alpha value is -1.30. The Morgan fingerprint density at radius 1 is 1.26 bits per heavy atom. The van der Waals surface area contributed by atoms with Crippen molar-refractivity contribution in [1.82, 2.24) is 10.6 Å². The third kappa shape index (κ3) is 10.3. The molecule has 0 saturated heterocycles. The average Bonchev–Trinajstić information content (AvgIpc) is 2.25. The molecule has 0 spiro atoms. The Morgan fingerprint density at radius 3 is 2.37 bits per heavy atom. The van der Waals surface area contributed by atoms with Gasteiger partial charge < -0.3 is 20.5 Å². The predicted octanol–water partition coefficient (Wildman–Crippen LogP) is 1.74. The second kappa shape index (κ2) is 8.74. The topological polar surface area (TPSA) is 87.7 Å². The number of rotatable bonds is 8. The maximum atomic E-state index is 11.3. The first-order valence-electron chi connectivity index (χ1n) is 6.69. The molecule has 0 saturated carbocycles. The smallest absolute Gasteiger partial charge is 0.407 e. The van der Waals surface area contributed by atoms with E-state index in [1.165, 1.54) is 0 Å². The number of ether oxygens (including phenoxy) is 1. The van der Waals surface area contributed by atoms with Gasteiger partial charge in [0.05, 0.1) is 0 Å². The van der Waals surface area contributed by atoms with Gasteiger partial charge in [-0.15, -0.1) is 0 Å². The maximum absolute atomic E-state index is 11.3. The molecule has 3 N–H and O–H groups in total. The summed E-state index contributed by atoms with van der Waals surface area (Å²) in [6.07, 6.45) is 1.93. The lowest BCUT2D eigenvalue weighted by Crippen LogP contribution is -2.42. The summed E-state index contributed by atoms with van der Waals surface area (Å²) < 4.78 is 5.06. The van der Waals surface area contributed by atoms with Crippen LogP contribution < -0.4 is 10.6 Å². The first-order valence-corrected chi connectivity index (χ1v) is 6.69. The van der Waals surface area contributed by atoms with Gasteiger partial charge in [0.1, 0.15) is 11.6 Å². The zero-order valence-electron chi connectivity index (χ0n) is 12.3. The summed E-state index contributed by atoms with van der Waals surface area (Å²) in [6, 6.07) is -0.555. The molecule has 1 atom stereocenters. The zero-order valence-corrected chi connectivity index (χ0v) is 12.3. The SMILES string of the molecule is CCCCC(NCCNC(=O)OC(C)(C)C)C(=O)O. The van der Waals surface area contributed by atoms with Gasteiger partial charge in [-0.2, -0.15) is 0 Å². The monoisotopic (exact) mass is 274 g/mol. The van der Waals surface area contributed by atoms with Crippen LogP contribution in [-0.4, -0.2) is 41.9 Å². The molecule has 6 heteroatoms. The molecule has 0 aromatic carbocycles. The maximum Gasteiger partial charge on any atom is 0.407 e. The van der Waals surface area contributed by atoms with Crippen molar-refractivity contribution in [2.24, 2.45) is 0 Å².